The zero-order valence-electron chi connectivity index (χ0n) is 11.3. The molecule has 1 saturated carbocycles. The van der Waals surface area contributed by atoms with Crippen LogP contribution < -0.4 is 11.1 Å². The molecule has 0 amide bonds. The van der Waals surface area contributed by atoms with Crippen LogP contribution in [0.4, 0.5) is 5.82 Å². The summed E-state index contributed by atoms with van der Waals surface area (Å²) in [4.78, 5) is 4.34. The van der Waals surface area contributed by atoms with Crippen LogP contribution in [-0.2, 0) is 14.6 Å². The van der Waals surface area contributed by atoms with E-state index in [1.54, 1.807) is 18.3 Å². The van der Waals surface area contributed by atoms with E-state index < -0.39 is 9.84 Å². The van der Waals surface area contributed by atoms with Crippen molar-refractivity contribution >= 4 is 15.7 Å². The van der Waals surface area contributed by atoms with Crippen LogP contribution in [-0.4, -0.2) is 44.5 Å². The van der Waals surface area contributed by atoms with Gasteiger partial charge in [-0.1, -0.05) is 0 Å². The highest BCUT2D eigenvalue weighted by atomic mass is 32.2. The van der Waals surface area contributed by atoms with E-state index in [-0.39, 0.29) is 23.1 Å². The second kappa shape index (κ2) is 4.98. The lowest BCUT2D eigenvalue weighted by atomic mass is 9.68. The van der Waals surface area contributed by atoms with Gasteiger partial charge in [0.1, 0.15) is 10.7 Å². The van der Waals surface area contributed by atoms with E-state index in [1.165, 1.54) is 6.26 Å². The Morgan fingerprint density at radius 3 is 3.05 bits per heavy atom. The molecule has 4 unspecified atom stereocenters. The Labute approximate surface area is 118 Å². The minimum absolute atomic E-state index is 0.0188. The van der Waals surface area contributed by atoms with Gasteiger partial charge in [-0.3, -0.25) is 0 Å². The predicted octanol–water partition coefficient (Wildman–Crippen LogP) is 0.402. The Hall–Kier alpha value is -1.18. The Bertz CT molecular complexity index is 605. The second-order valence-electron chi connectivity index (χ2n) is 5.51. The second-order valence-corrected chi connectivity index (χ2v) is 7.50. The summed E-state index contributed by atoms with van der Waals surface area (Å²) >= 11 is 0. The maximum absolute atomic E-state index is 11.8. The molecule has 110 valence electrons. The van der Waals surface area contributed by atoms with Gasteiger partial charge in [-0.2, -0.15) is 0 Å². The highest BCUT2D eigenvalue weighted by molar-refractivity contribution is 7.90. The van der Waals surface area contributed by atoms with Crippen molar-refractivity contribution in [1.82, 2.24) is 4.98 Å². The monoisotopic (exact) mass is 297 g/mol. The van der Waals surface area contributed by atoms with Crippen molar-refractivity contribution in [2.24, 2.45) is 11.7 Å². The standard InChI is InChI=1S/C13H19N3O3S/c1-20(17,18)9-5-2-6-15-13(9)16-11-10(14)8-4-3-7-19-12(8)11/h2,5-6,8,10-12H,3-4,7,14H2,1H3,(H,15,16). The van der Waals surface area contributed by atoms with Gasteiger partial charge in [0.25, 0.3) is 0 Å². The van der Waals surface area contributed by atoms with Gasteiger partial charge >= 0.3 is 0 Å². The molecular weight excluding hydrogens is 278 g/mol. The SMILES string of the molecule is CS(=O)(=O)c1cccnc1NC1C(N)C2CCCOC21. The summed E-state index contributed by atoms with van der Waals surface area (Å²) in [7, 11) is -3.32. The van der Waals surface area contributed by atoms with Crippen molar-refractivity contribution in [3.8, 4) is 0 Å². The molecule has 3 N–H and O–H groups in total. The fourth-order valence-electron chi connectivity index (χ4n) is 3.08. The average Bonchev–Trinajstić information content (AvgIpc) is 2.44. The lowest BCUT2D eigenvalue weighted by molar-refractivity contribution is -0.104. The molecule has 1 aliphatic carbocycles. The predicted molar refractivity (Wildman–Crippen MR) is 75.2 cm³/mol. The molecule has 20 heavy (non-hydrogen) atoms. The van der Waals surface area contributed by atoms with E-state index in [4.69, 9.17) is 10.5 Å². The minimum Gasteiger partial charge on any atom is -0.376 e. The number of anilines is 1. The number of aromatic nitrogens is 1. The molecule has 6 nitrogen and oxygen atoms in total. The molecule has 0 radical (unpaired) electrons. The number of nitrogens with two attached hydrogens (primary N) is 1. The van der Waals surface area contributed by atoms with Crippen molar-refractivity contribution in [2.75, 3.05) is 18.2 Å². The molecule has 0 aromatic carbocycles. The first-order valence-corrected chi connectivity index (χ1v) is 8.66. The smallest absolute Gasteiger partial charge is 0.179 e. The molecule has 1 saturated heterocycles. The highest BCUT2D eigenvalue weighted by Gasteiger charge is 2.50. The zero-order chi connectivity index (χ0) is 14.3. The van der Waals surface area contributed by atoms with Crippen LogP contribution in [0.3, 0.4) is 0 Å². The molecule has 2 aliphatic rings. The molecule has 4 atom stereocenters. The van der Waals surface area contributed by atoms with Gasteiger partial charge in [-0.15, -0.1) is 0 Å². The zero-order valence-corrected chi connectivity index (χ0v) is 12.1. The normalized spacial score (nSPS) is 33.1. The lowest BCUT2D eigenvalue weighted by Crippen LogP contribution is -2.69. The first-order valence-electron chi connectivity index (χ1n) is 6.77. The molecule has 2 heterocycles. The molecule has 0 spiro atoms. The van der Waals surface area contributed by atoms with Gasteiger partial charge in [0, 0.05) is 31.0 Å². The maximum atomic E-state index is 11.8. The van der Waals surface area contributed by atoms with Gasteiger partial charge in [-0.25, -0.2) is 13.4 Å². The van der Waals surface area contributed by atoms with E-state index >= 15 is 0 Å². The van der Waals surface area contributed by atoms with E-state index in [2.05, 4.69) is 10.3 Å². The number of pyridine rings is 1. The Balaban J connectivity index is 1.82. The molecule has 0 bridgehead atoms. The summed E-state index contributed by atoms with van der Waals surface area (Å²) in [5.41, 5.74) is 6.16. The van der Waals surface area contributed by atoms with Crippen molar-refractivity contribution in [3.05, 3.63) is 18.3 Å². The van der Waals surface area contributed by atoms with Crippen molar-refractivity contribution in [3.63, 3.8) is 0 Å². The van der Waals surface area contributed by atoms with Crippen LogP contribution in [0.1, 0.15) is 12.8 Å². The first kappa shape index (κ1) is 13.8. The number of nitrogens with zero attached hydrogens (tertiary/aromatic N) is 1. The third-order valence-electron chi connectivity index (χ3n) is 4.15. The van der Waals surface area contributed by atoms with E-state index in [0.29, 0.717) is 11.7 Å². The summed E-state index contributed by atoms with van der Waals surface area (Å²) in [6.07, 6.45) is 4.93. The number of ether oxygens (including phenoxy) is 1. The van der Waals surface area contributed by atoms with Crippen LogP contribution in [0.5, 0.6) is 0 Å². The molecule has 1 aromatic heterocycles. The maximum Gasteiger partial charge on any atom is 0.179 e. The summed E-state index contributed by atoms with van der Waals surface area (Å²) in [5.74, 6) is 0.731. The van der Waals surface area contributed by atoms with E-state index in [1.807, 2.05) is 0 Å². The Kier molecular flexibility index (Phi) is 3.43. The quantitative estimate of drug-likeness (QED) is 0.839. The molecule has 2 fully saturated rings. The minimum atomic E-state index is -3.32. The summed E-state index contributed by atoms with van der Waals surface area (Å²) in [6.45, 7) is 0.743. The van der Waals surface area contributed by atoms with Gasteiger partial charge < -0.3 is 15.8 Å². The van der Waals surface area contributed by atoms with Crippen LogP contribution >= 0.6 is 0 Å². The summed E-state index contributed by atoms with van der Waals surface area (Å²) in [6, 6.07) is 3.07. The first-order chi connectivity index (χ1) is 9.48. The number of rotatable bonds is 3. The number of hydrogen-bond donors (Lipinski definition) is 2. The van der Waals surface area contributed by atoms with Gasteiger partial charge in [0.05, 0.1) is 12.1 Å². The molecule has 7 heteroatoms. The van der Waals surface area contributed by atoms with Crippen molar-refractivity contribution in [2.45, 2.75) is 35.9 Å². The number of sulfone groups is 1. The number of fused-ring (bicyclic) bond motifs is 1. The fraction of sp³-hybridized carbons (Fsp3) is 0.615. The lowest BCUT2D eigenvalue weighted by Gasteiger charge is -2.52. The van der Waals surface area contributed by atoms with Gasteiger partial charge in [-0.05, 0) is 25.0 Å². The Morgan fingerprint density at radius 2 is 2.30 bits per heavy atom. The van der Waals surface area contributed by atoms with Crippen LogP contribution in [0.2, 0.25) is 0 Å². The third-order valence-corrected chi connectivity index (χ3v) is 5.28. The summed E-state index contributed by atoms with van der Waals surface area (Å²) < 4.78 is 29.3. The van der Waals surface area contributed by atoms with E-state index in [0.717, 1.165) is 19.4 Å². The van der Waals surface area contributed by atoms with Crippen molar-refractivity contribution < 1.29 is 13.2 Å². The third kappa shape index (κ3) is 2.30. The van der Waals surface area contributed by atoms with E-state index in [9.17, 15) is 8.42 Å². The van der Waals surface area contributed by atoms with Gasteiger partial charge in [0.15, 0.2) is 9.84 Å². The largest absolute Gasteiger partial charge is 0.376 e. The van der Waals surface area contributed by atoms with Crippen LogP contribution in [0.15, 0.2) is 23.2 Å². The molecule has 1 aliphatic heterocycles. The van der Waals surface area contributed by atoms with Crippen LogP contribution in [0.25, 0.3) is 0 Å². The molecular formula is C13H19N3O3S. The fourth-order valence-corrected chi connectivity index (χ4v) is 3.87. The highest BCUT2D eigenvalue weighted by Crippen LogP contribution is 2.38. The number of hydrogen-bond acceptors (Lipinski definition) is 6. The Morgan fingerprint density at radius 1 is 1.50 bits per heavy atom. The summed E-state index contributed by atoms with van der Waals surface area (Å²) in [5, 5.41) is 3.16. The topological polar surface area (TPSA) is 94.3 Å². The molecule has 1 aromatic rings. The van der Waals surface area contributed by atoms with Crippen molar-refractivity contribution in [1.29, 1.82) is 0 Å². The molecule has 3 rings (SSSR count). The number of nitrogens with one attached hydrogen (secondary N) is 1. The van der Waals surface area contributed by atoms with Gasteiger partial charge in [0.2, 0.25) is 0 Å². The average molecular weight is 297 g/mol. The van der Waals surface area contributed by atoms with Crippen LogP contribution in [0, 0.1) is 5.92 Å².